The third-order valence-electron chi connectivity index (χ3n) is 6.55. The van der Waals surface area contributed by atoms with Crippen LogP contribution in [0.1, 0.15) is 63.8 Å². The van der Waals surface area contributed by atoms with Crippen molar-refractivity contribution in [1.82, 2.24) is 0 Å². The van der Waals surface area contributed by atoms with Crippen LogP contribution >= 0.6 is 0 Å². The van der Waals surface area contributed by atoms with Crippen molar-refractivity contribution in [3.8, 4) is 5.75 Å². The molecule has 0 radical (unpaired) electrons. The van der Waals surface area contributed by atoms with Crippen LogP contribution in [0.15, 0.2) is 91.0 Å². The van der Waals surface area contributed by atoms with E-state index in [1.807, 2.05) is 43.3 Å². The molecule has 1 nitrogen and oxygen atoms in total. The molecule has 0 amide bonds. The first kappa shape index (κ1) is 34.1. The van der Waals surface area contributed by atoms with Crippen molar-refractivity contribution in [2.24, 2.45) is 0 Å². The zero-order chi connectivity index (χ0) is 27.8. The third-order valence-corrected chi connectivity index (χ3v) is 6.55. The van der Waals surface area contributed by atoms with Gasteiger partial charge in [-0.25, -0.2) is 12.1 Å². The molecule has 0 N–H and O–H groups in total. The van der Waals surface area contributed by atoms with Crippen LogP contribution in [0.2, 0.25) is 0 Å². The van der Waals surface area contributed by atoms with E-state index >= 15 is 0 Å². The smallest absolute Gasteiger partial charge is 0.172 e. The van der Waals surface area contributed by atoms with E-state index in [0.717, 1.165) is 5.56 Å². The molecule has 200 valence electrons. The first-order chi connectivity index (χ1) is 17.4. The van der Waals surface area contributed by atoms with E-state index in [2.05, 4.69) is 104 Å². The van der Waals surface area contributed by atoms with Crippen LogP contribution < -0.4 is 17.5 Å². The van der Waals surface area contributed by atoms with Crippen molar-refractivity contribution in [2.45, 2.75) is 66.2 Å². The van der Waals surface area contributed by atoms with Crippen molar-refractivity contribution in [3.05, 3.63) is 113 Å². The van der Waals surface area contributed by atoms with Gasteiger partial charge >= 0.3 is 30.2 Å². The minimum absolute atomic E-state index is 0. The fraction of sp³-hybridized carbons (Fsp3) is 0.294. The van der Waals surface area contributed by atoms with Gasteiger partial charge < -0.3 is 17.5 Å². The molecule has 0 aliphatic heterocycles. The molecular weight excluding hydrogens is 579 g/mol. The standard InChI is InChI=1S/C15H13.C14H22O.C5H5.ClH.H2Si.Zr/c1-10-7-8-14-13-6-4-3-5-12(13)9-15(14)11(10)2;1-13(2,3)10-7-8-12(15)11(9-10)14(4,5)6;1-2-4-5-3-1;;;/h3-9H,1-2H3;7-9,15H,1-6H3;1-5H;1H;1H2;/q-1;;-1;;;+2/p-2. The van der Waals surface area contributed by atoms with Gasteiger partial charge in [0.1, 0.15) is 0 Å². The van der Waals surface area contributed by atoms with Crippen LogP contribution in [0.25, 0.3) is 21.5 Å². The van der Waals surface area contributed by atoms with Crippen molar-refractivity contribution < 1.29 is 40.8 Å². The average molecular weight is 620 g/mol. The molecule has 0 saturated heterocycles. The van der Waals surface area contributed by atoms with E-state index < -0.39 is 0 Å². The Balaban J connectivity index is 0.000000298. The summed E-state index contributed by atoms with van der Waals surface area (Å²) in [5, 5.41) is 17.2. The maximum absolute atomic E-state index is 11.7. The maximum Gasteiger partial charge on any atom is -0.172 e. The Kier molecular flexibility index (Phi) is 13.5. The molecule has 0 atom stereocenters. The Morgan fingerprint density at radius 1 is 0.737 bits per heavy atom. The van der Waals surface area contributed by atoms with Gasteiger partial charge in [0.05, 0.1) is 0 Å². The van der Waals surface area contributed by atoms with Crippen LogP contribution in [0.4, 0.5) is 0 Å². The molecular formula is C34H41ClOSiZr-2. The Bertz CT molecular complexity index is 1390. The number of hydrogen-bond acceptors (Lipinski definition) is 1. The van der Waals surface area contributed by atoms with Gasteiger partial charge in [-0.05, 0) is 23.3 Å². The normalized spacial score (nSPS) is 10.8. The Morgan fingerprint density at radius 2 is 1.34 bits per heavy atom. The van der Waals surface area contributed by atoms with E-state index in [0.29, 0.717) is 0 Å². The maximum atomic E-state index is 11.7. The number of fused-ring (bicyclic) bond motifs is 3. The van der Waals surface area contributed by atoms with Crippen LogP contribution in [-0.4, -0.2) is 6.88 Å². The molecule has 0 aliphatic carbocycles. The van der Waals surface area contributed by atoms with Crippen molar-refractivity contribution >= 4 is 28.4 Å². The molecule has 5 aromatic rings. The van der Waals surface area contributed by atoms with Gasteiger partial charge in [-0.3, -0.25) is 0 Å². The van der Waals surface area contributed by atoms with Crippen molar-refractivity contribution in [2.75, 3.05) is 0 Å². The second-order valence-electron chi connectivity index (χ2n) is 11.4. The molecule has 0 heterocycles. The van der Waals surface area contributed by atoms with Gasteiger partial charge in [0, 0.05) is 0 Å². The summed E-state index contributed by atoms with van der Waals surface area (Å²) in [6, 6.07) is 31.0. The Morgan fingerprint density at radius 3 is 1.87 bits per heavy atom. The zero-order valence-corrected chi connectivity index (χ0v) is 28.8. The molecule has 5 rings (SSSR count). The van der Waals surface area contributed by atoms with E-state index in [1.165, 1.54) is 38.2 Å². The summed E-state index contributed by atoms with van der Waals surface area (Å²) in [7, 11) is 0. The van der Waals surface area contributed by atoms with E-state index in [4.69, 9.17) is 0 Å². The predicted octanol–water partition coefficient (Wildman–Crippen LogP) is 5.17. The SMILES string of the molecule is CC(C)(C)c1ccc([O-])c(C(C)(C)C)c1.Cc1ccc2c([cH-]c3ccccc32)c1C.[Cl-].[SiH2]=[Zr+2].c1cc[cH-]c1. The Hall–Kier alpha value is -1.93. The fourth-order valence-electron chi connectivity index (χ4n) is 4.19. The molecule has 0 bridgehead atoms. The minimum atomic E-state index is -0.0711. The number of benzene rings is 3. The summed E-state index contributed by atoms with van der Waals surface area (Å²) in [4.78, 5) is 0. The largest absolute Gasteiger partial charge is 0.214 e. The number of halogens is 1. The van der Waals surface area contributed by atoms with Gasteiger partial charge in [0.2, 0.25) is 0 Å². The fourth-order valence-corrected chi connectivity index (χ4v) is 4.19. The van der Waals surface area contributed by atoms with Crippen LogP contribution in [0.5, 0.6) is 5.75 Å². The molecule has 0 unspecified atom stereocenters. The second kappa shape index (κ2) is 15.0. The van der Waals surface area contributed by atoms with Crippen LogP contribution in [0.3, 0.4) is 0 Å². The molecule has 38 heavy (non-hydrogen) atoms. The van der Waals surface area contributed by atoms with Crippen LogP contribution in [0, 0.1) is 13.8 Å². The van der Waals surface area contributed by atoms with Gasteiger partial charge in [0.15, 0.2) is 0 Å². The van der Waals surface area contributed by atoms with Crippen molar-refractivity contribution in [1.29, 1.82) is 0 Å². The summed E-state index contributed by atoms with van der Waals surface area (Å²) < 4.78 is 0. The zero-order valence-electron chi connectivity index (χ0n) is 24.2. The molecule has 4 heteroatoms. The van der Waals surface area contributed by atoms with E-state index in [9.17, 15) is 5.11 Å². The molecule has 0 aromatic heterocycles. The quantitative estimate of drug-likeness (QED) is 0.173. The number of rotatable bonds is 0. The minimum Gasteiger partial charge on any atom is -0.214 e. The topological polar surface area (TPSA) is 23.1 Å². The first-order valence-electron chi connectivity index (χ1n) is 12.8. The third kappa shape index (κ3) is 9.08. The molecule has 0 spiro atoms. The summed E-state index contributed by atoms with van der Waals surface area (Å²) >= 11 is 1.58. The number of hydrogen-bond donors (Lipinski definition) is 0. The molecule has 0 aliphatic rings. The summed E-state index contributed by atoms with van der Waals surface area (Å²) in [5.41, 5.74) is 4.95. The van der Waals surface area contributed by atoms with Gasteiger partial charge in [-0.15, -0.1) is 45.0 Å². The molecule has 5 aromatic carbocycles. The second-order valence-corrected chi connectivity index (χ2v) is 11.4. The first-order valence-corrected chi connectivity index (χ1v) is 18.7. The average Bonchev–Trinajstić information content (AvgIpc) is 3.54. The number of aryl methyl sites for hydroxylation is 2. The van der Waals surface area contributed by atoms with Gasteiger partial charge in [-0.1, -0.05) is 108 Å². The molecule has 0 fully saturated rings. The van der Waals surface area contributed by atoms with E-state index in [1.54, 1.807) is 29.4 Å². The summed E-state index contributed by atoms with van der Waals surface area (Å²) in [6.45, 7) is 19.1. The summed E-state index contributed by atoms with van der Waals surface area (Å²) in [5.74, 6) is 0.149. The van der Waals surface area contributed by atoms with E-state index in [-0.39, 0.29) is 29.0 Å². The summed E-state index contributed by atoms with van der Waals surface area (Å²) in [6.07, 6.45) is 0. The Labute approximate surface area is 253 Å². The molecule has 0 saturated carbocycles. The predicted molar refractivity (Wildman–Crippen MR) is 160 cm³/mol. The van der Waals surface area contributed by atoms with Crippen LogP contribution in [-0.2, 0) is 34.2 Å². The van der Waals surface area contributed by atoms with Gasteiger partial charge in [-0.2, -0.15) is 18.2 Å². The van der Waals surface area contributed by atoms with Gasteiger partial charge in [0.25, 0.3) is 0 Å². The monoisotopic (exact) mass is 618 g/mol. The van der Waals surface area contributed by atoms with Crippen molar-refractivity contribution in [3.63, 3.8) is 0 Å².